The Morgan fingerprint density at radius 3 is 2.83 bits per heavy atom. The molecule has 3 aromatic rings. The van der Waals surface area contributed by atoms with Crippen molar-refractivity contribution in [3.63, 3.8) is 0 Å². The number of aromatic nitrogens is 3. The standard InChI is InChI=1S/C19H24N4O/c1-2-15-12-20-19(24-15)13-23-9-7-14(8-10-23)11-18-21-16-5-3-4-6-17(16)22-18/h3-6,12,14H,2,7-11,13H2,1H3,(H,21,22). The van der Waals surface area contributed by atoms with Crippen LogP contribution in [-0.2, 0) is 19.4 Å². The molecule has 4 rings (SSSR count). The normalized spacial score (nSPS) is 16.9. The van der Waals surface area contributed by atoms with Crippen LogP contribution in [0.5, 0.6) is 0 Å². The second-order valence-corrected chi connectivity index (χ2v) is 6.70. The van der Waals surface area contributed by atoms with E-state index >= 15 is 0 Å². The van der Waals surface area contributed by atoms with Gasteiger partial charge in [0.15, 0.2) is 0 Å². The zero-order valence-corrected chi connectivity index (χ0v) is 14.2. The van der Waals surface area contributed by atoms with Crippen molar-refractivity contribution in [3.8, 4) is 0 Å². The SMILES string of the molecule is CCc1cnc(CN2CCC(Cc3nc4ccccc4[nH]3)CC2)o1. The maximum absolute atomic E-state index is 5.72. The monoisotopic (exact) mass is 324 g/mol. The number of benzene rings is 1. The third-order valence-electron chi connectivity index (χ3n) is 4.94. The number of likely N-dealkylation sites (tertiary alicyclic amines) is 1. The summed E-state index contributed by atoms with van der Waals surface area (Å²) in [5.41, 5.74) is 2.21. The van der Waals surface area contributed by atoms with Crippen LogP contribution in [0.1, 0.15) is 37.2 Å². The maximum Gasteiger partial charge on any atom is 0.208 e. The van der Waals surface area contributed by atoms with Crippen molar-refractivity contribution in [1.82, 2.24) is 19.9 Å². The predicted octanol–water partition coefficient (Wildman–Crippen LogP) is 3.57. The van der Waals surface area contributed by atoms with Crippen molar-refractivity contribution in [2.24, 2.45) is 5.92 Å². The van der Waals surface area contributed by atoms with E-state index in [1.807, 2.05) is 12.3 Å². The van der Waals surface area contributed by atoms with E-state index in [-0.39, 0.29) is 0 Å². The Morgan fingerprint density at radius 1 is 1.25 bits per heavy atom. The van der Waals surface area contributed by atoms with Gasteiger partial charge in [-0.25, -0.2) is 9.97 Å². The van der Waals surface area contributed by atoms with E-state index in [1.54, 1.807) is 0 Å². The van der Waals surface area contributed by atoms with E-state index in [0.717, 1.165) is 61.0 Å². The van der Waals surface area contributed by atoms with E-state index in [9.17, 15) is 0 Å². The molecule has 24 heavy (non-hydrogen) atoms. The molecule has 1 saturated heterocycles. The Labute approximate surface area is 142 Å². The van der Waals surface area contributed by atoms with Gasteiger partial charge in [0, 0.05) is 12.8 Å². The van der Waals surface area contributed by atoms with Crippen molar-refractivity contribution in [1.29, 1.82) is 0 Å². The third-order valence-corrected chi connectivity index (χ3v) is 4.94. The lowest BCUT2D eigenvalue weighted by molar-refractivity contribution is 0.162. The summed E-state index contributed by atoms with van der Waals surface area (Å²) in [5, 5.41) is 0. The van der Waals surface area contributed by atoms with Crippen molar-refractivity contribution < 1.29 is 4.42 Å². The van der Waals surface area contributed by atoms with Gasteiger partial charge in [-0.3, -0.25) is 4.90 Å². The van der Waals surface area contributed by atoms with Crippen LogP contribution < -0.4 is 0 Å². The lowest BCUT2D eigenvalue weighted by Crippen LogP contribution is -2.34. The topological polar surface area (TPSA) is 58.0 Å². The molecule has 1 fully saturated rings. The summed E-state index contributed by atoms with van der Waals surface area (Å²) in [7, 11) is 0. The second kappa shape index (κ2) is 6.77. The summed E-state index contributed by atoms with van der Waals surface area (Å²) in [6, 6.07) is 8.25. The molecule has 0 aliphatic carbocycles. The number of oxazole rings is 1. The van der Waals surface area contributed by atoms with Crippen molar-refractivity contribution in [3.05, 3.63) is 47.9 Å². The highest BCUT2D eigenvalue weighted by molar-refractivity contribution is 5.74. The van der Waals surface area contributed by atoms with Gasteiger partial charge >= 0.3 is 0 Å². The molecular formula is C19H24N4O. The first-order valence-electron chi connectivity index (χ1n) is 8.89. The number of aryl methyl sites for hydroxylation is 1. The molecule has 3 heterocycles. The molecule has 5 heteroatoms. The highest BCUT2D eigenvalue weighted by Gasteiger charge is 2.21. The Kier molecular flexibility index (Phi) is 4.34. The fraction of sp³-hybridized carbons (Fsp3) is 0.474. The van der Waals surface area contributed by atoms with Crippen LogP contribution in [0.3, 0.4) is 0 Å². The number of hydrogen-bond donors (Lipinski definition) is 1. The van der Waals surface area contributed by atoms with Crippen LogP contribution in [0.2, 0.25) is 0 Å². The Morgan fingerprint density at radius 2 is 2.08 bits per heavy atom. The molecule has 0 amide bonds. The van der Waals surface area contributed by atoms with Gasteiger partial charge in [0.25, 0.3) is 0 Å². The summed E-state index contributed by atoms with van der Waals surface area (Å²) in [4.78, 5) is 15.0. The molecule has 1 N–H and O–H groups in total. The molecule has 0 spiro atoms. The third kappa shape index (κ3) is 3.36. The molecule has 1 aliphatic heterocycles. The number of nitrogens with one attached hydrogen (secondary N) is 1. The molecule has 126 valence electrons. The predicted molar refractivity (Wildman–Crippen MR) is 93.7 cm³/mol. The van der Waals surface area contributed by atoms with Crippen LogP contribution >= 0.6 is 0 Å². The molecule has 0 atom stereocenters. The molecular weight excluding hydrogens is 300 g/mol. The van der Waals surface area contributed by atoms with Gasteiger partial charge in [0.2, 0.25) is 5.89 Å². The number of para-hydroxylation sites is 2. The number of H-pyrrole nitrogens is 1. The van der Waals surface area contributed by atoms with Gasteiger partial charge in [-0.2, -0.15) is 0 Å². The summed E-state index contributed by atoms with van der Waals surface area (Å²) in [5.74, 6) is 3.65. The van der Waals surface area contributed by atoms with E-state index < -0.39 is 0 Å². The van der Waals surface area contributed by atoms with Gasteiger partial charge in [-0.1, -0.05) is 19.1 Å². The first-order chi connectivity index (χ1) is 11.8. The average molecular weight is 324 g/mol. The lowest BCUT2D eigenvalue weighted by Gasteiger charge is -2.30. The zero-order chi connectivity index (χ0) is 16.4. The first-order valence-corrected chi connectivity index (χ1v) is 8.89. The van der Waals surface area contributed by atoms with E-state index in [1.165, 1.54) is 12.8 Å². The van der Waals surface area contributed by atoms with Crippen molar-refractivity contribution in [2.75, 3.05) is 13.1 Å². The molecule has 1 aromatic carbocycles. The maximum atomic E-state index is 5.72. The van der Waals surface area contributed by atoms with Crippen molar-refractivity contribution >= 4 is 11.0 Å². The number of rotatable bonds is 5. The van der Waals surface area contributed by atoms with Crippen LogP contribution in [-0.4, -0.2) is 32.9 Å². The number of piperidine rings is 1. The fourth-order valence-electron chi connectivity index (χ4n) is 3.50. The number of imidazole rings is 1. The average Bonchev–Trinajstić information content (AvgIpc) is 3.22. The highest BCUT2D eigenvalue weighted by atomic mass is 16.4. The summed E-state index contributed by atoms with van der Waals surface area (Å²) in [6.07, 6.45) is 6.22. The lowest BCUT2D eigenvalue weighted by atomic mass is 9.93. The fourth-order valence-corrected chi connectivity index (χ4v) is 3.50. The number of fused-ring (bicyclic) bond motifs is 1. The van der Waals surface area contributed by atoms with Gasteiger partial charge in [-0.15, -0.1) is 0 Å². The molecule has 0 saturated carbocycles. The van der Waals surface area contributed by atoms with Crippen LogP contribution in [0.15, 0.2) is 34.9 Å². The molecule has 0 radical (unpaired) electrons. The van der Waals surface area contributed by atoms with Crippen molar-refractivity contribution in [2.45, 2.75) is 39.2 Å². The minimum Gasteiger partial charge on any atom is -0.444 e. The number of hydrogen-bond acceptors (Lipinski definition) is 4. The molecule has 0 unspecified atom stereocenters. The van der Waals surface area contributed by atoms with Crippen LogP contribution in [0.25, 0.3) is 11.0 Å². The first kappa shape index (κ1) is 15.4. The van der Waals surface area contributed by atoms with Crippen LogP contribution in [0, 0.1) is 5.92 Å². The van der Waals surface area contributed by atoms with Gasteiger partial charge in [-0.05, 0) is 44.0 Å². The Hall–Kier alpha value is -2.14. The van der Waals surface area contributed by atoms with Crippen LogP contribution in [0.4, 0.5) is 0 Å². The molecule has 2 aromatic heterocycles. The second-order valence-electron chi connectivity index (χ2n) is 6.70. The zero-order valence-electron chi connectivity index (χ0n) is 14.2. The molecule has 5 nitrogen and oxygen atoms in total. The molecule has 0 bridgehead atoms. The quantitative estimate of drug-likeness (QED) is 0.779. The van der Waals surface area contributed by atoms with Gasteiger partial charge in [0.05, 0.1) is 23.8 Å². The Balaban J connectivity index is 1.31. The number of aromatic amines is 1. The minimum absolute atomic E-state index is 0.706. The smallest absolute Gasteiger partial charge is 0.208 e. The summed E-state index contributed by atoms with van der Waals surface area (Å²) in [6.45, 7) is 5.13. The Bertz CT molecular complexity index is 765. The minimum atomic E-state index is 0.706. The summed E-state index contributed by atoms with van der Waals surface area (Å²) < 4.78 is 5.72. The largest absolute Gasteiger partial charge is 0.444 e. The number of nitrogens with zero attached hydrogens (tertiary/aromatic N) is 3. The van der Waals surface area contributed by atoms with E-state index in [0.29, 0.717) is 5.92 Å². The van der Waals surface area contributed by atoms with Gasteiger partial charge < -0.3 is 9.40 Å². The molecule has 1 aliphatic rings. The summed E-state index contributed by atoms with van der Waals surface area (Å²) >= 11 is 0. The van der Waals surface area contributed by atoms with E-state index in [4.69, 9.17) is 9.40 Å². The van der Waals surface area contributed by atoms with E-state index in [2.05, 4.69) is 40.0 Å². The van der Waals surface area contributed by atoms with Gasteiger partial charge in [0.1, 0.15) is 11.6 Å². The highest BCUT2D eigenvalue weighted by Crippen LogP contribution is 2.23.